The van der Waals surface area contributed by atoms with E-state index in [1.165, 1.54) is 19.4 Å². The van der Waals surface area contributed by atoms with Gasteiger partial charge in [-0.1, -0.05) is 19.1 Å². The lowest BCUT2D eigenvalue weighted by atomic mass is 10.2. The van der Waals surface area contributed by atoms with Crippen molar-refractivity contribution in [2.45, 2.75) is 32.7 Å². The molecule has 1 heterocycles. The highest BCUT2D eigenvalue weighted by atomic mass is 127. The Balaban J connectivity index is 0.00000256. The van der Waals surface area contributed by atoms with E-state index >= 15 is 0 Å². The number of hydrogen-bond donors (Lipinski definition) is 2. The average Bonchev–Trinajstić information content (AvgIpc) is 2.70. The van der Waals surface area contributed by atoms with E-state index in [1.807, 2.05) is 6.92 Å². The van der Waals surface area contributed by atoms with Gasteiger partial charge < -0.3 is 11.1 Å². The summed E-state index contributed by atoms with van der Waals surface area (Å²) in [5.74, 6) is 0.533. The van der Waals surface area contributed by atoms with Crippen LogP contribution >= 0.6 is 24.0 Å². The third-order valence-corrected chi connectivity index (χ3v) is 2.94. The average molecular weight is 352 g/mol. The molecule has 4 nitrogen and oxygen atoms in total. The van der Waals surface area contributed by atoms with Gasteiger partial charge >= 0.3 is 0 Å². The first-order chi connectivity index (χ1) is 7.63. The van der Waals surface area contributed by atoms with Crippen LogP contribution in [0, 0.1) is 0 Å². The highest BCUT2D eigenvalue weighted by Gasteiger charge is 2.22. The Kier molecular flexibility index (Phi) is 8.59. The van der Waals surface area contributed by atoms with Crippen molar-refractivity contribution in [3.8, 4) is 0 Å². The topological polar surface area (TPSA) is 53.6 Å². The SMILES string of the molecule is C=C(C)CN=C(N)NCC1CCCN1CC.I. The normalized spacial score (nSPS) is 21.1. The van der Waals surface area contributed by atoms with Gasteiger partial charge in [-0.05, 0) is 32.9 Å². The first kappa shape index (κ1) is 16.7. The van der Waals surface area contributed by atoms with Crippen molar-refractivity contribution >= 4 is 29.9 Å². The van der Waals surface area contributed by atoms with Gasteiger partial charge in [0.25, 0.3) is 0 Å². The van der Waals surface area contributed by atoms with Gasteiger partial charge in [0.15, 0.2) is 5.96 Å². The van der Waals surface area contributed by atoms with Crippen LogP contribution in [0.15, 0.2) is 17.1 Å². The number of guanidine groups is 1. The lowest BCUT2D eigenvalue weighted by molar-refractivity contribution is 0.267. The summed E-state index contributed by atoms with van der Waals surface area (Å²) in [5.41, 5.74) is 6.79. The fraction of sp³-hybridized carbons (Fsp3) is 0.750. The number of likely N-dealkylation sites (tertiary alicyclic amines) is 1. The monoisotopic (exact) mass is 352 g/mol. The molecular weight excluding hydrogens is 327 g/mol. The van der Waals surface area contributed by atoms with Crippen LogP contribution in [-0.4, -0.2) is 43.1 Å². The van der Waals surface area contributed by atoms with Crippen LogP contribution < -0.4 is 11.1 Å². The number of nitrogens with one attached hydrogen (secondary N) is 1. The number of rotatable bonds is 5. The Labute approximate surface area is 122 Å². The standard InChI is InChI=1S/C12H24N4.HI/c1-4-16-7-5-6-11(16)9-15-12(13)14-8-10(2)3;/h11H,2,4-9H2,1,3H3,(H3,13,14,15);1H. The molecule has 1 aliphatic heterocycles. The zero-order valence-corrected chi connectivity index (χ0v) is 13.2. The van der Waals surface area contributed by atoms with Gasteiger partial charge in [0, 0.05) is 12.6 Å². The minimum atomic E-state index is 0. The number of nitrogens with two attached hydrogens (primary N) is 1. The van der Waals surface area contributed by atoms with Crippen molar-refractivity contribution in [2.75, 3.05) is 26.2 Å². The maximum Gasteiger partial charge on any atom is 0.188 e. The summed E-state index contributed by atoms with van der Waals surface area (Å²) in [4.78, 5) is 6.69. The largest absolute Gasteiger partial charge is 0.370 e. The van der Waals surface area contributed by atoms with Crippen LogP contribution in [0.3, 0.4) is 0 Å². The Morgan fingerprint density at radius 1 is 1.59 bits per heavy atom. The van der Waals surface area contributed by atoms with Crippen LogP contribution in [0.25, 0.3) is 0 Å². The molecule has 0 aromatic rings. The van der Waals surface area contributed by atoms with Crippen molar-refractivity contribution in [3.05, 3.63) is 12.2 Å². The zero-order chi connectivity index (χ0) is 12.0. The molecule has 1 rings (SSSR count). The fourth-order valence-corrected chi connectivity index (χ4v) is 2.04. The minimum absolute atomic E-state index is 0. The molecule has 1 aliphatic rings. The van der Waals surface area contributed by atoms with Gasteiger partial charge in [-0.15, -0.1) is 24.0 Å². The second-order valence-electron chi connectivity index (χ2n) is 4.46. The number of aliphatic imine (C=N–C) groups is 1. The molecule has 0 radical (unpaired) electrons. The van der Waals surface area contributed by atoms with Gasteiger partial charge in [0.1, 0.15) is 0 Å². The van der Waals surface area contributed by atoms with Gasteiger partial charge in [-0.3, -0.25) is 4.90 Å². The van der Waals surface area contributed by atoms with E-state index in [1.54, 1.807) is 0 Å². The van der Waals surface area contributed by atoms with E-state index in [2.05, 4.69) is 28.7 Å². The molecule has 0 aromatic heterocycles. The molecule has 1 atom stereocenters. The zero-order valence-electron chi connectivity index (χ0n) is 10.9. The quantitative estimate of drug-likeness (QED) is 0.342. The van der Waals surface area contributed by atoms with Crippen molar-refractivity contribution in [1.29, 1.82) is 0 Å². The highest BCUT2D eigenvalue weighted by molar-refractivity contribution is 14.0. The van der Waals surface area contributed by atoms with E-state index < -0.39 is 0 Å². The third kappa shape index (κ3) is 6.26. The van der Waals surface area contributed by atoms with E-state index in [0.717, 1.165) is 18.7 Å². The number of hydrogen-bond acceptors (Lipinski definition) is 2. The highest BCUT2D eigenvalue weighted by Crippen LogP contribution is 2.15. The Bertz CT molecular complexity index is 265. The molecule has 0 spiro atoms. The molecule has 0 bridgehead atoms. The predicted octanol–water partition coefficient (Wildman–Crippen LogP) is 1.57. The van der Waals surface area contributed by atoms with Gasteiger partial charge in [0.2, 0.25) is 0 Å². The Morgan fingerprint density at radius 2 is 2.29 bits per heavy atom. The van der Waals surface area contributed by atoms with Crippen LogP contribution in [0.2, 0.25) is 0 Å². The molecule has 0 aliphatic carbocycles. The van der Waals surface area contributed by atoms with Crippen LogP contribution in [0.4, 0.5) is 0 Å². The smallest absolute Gasteiger partial charge is 0.188 e. The molecule has 0 saturated carbocycles. The molecular formula is C12H25IN4. The molecule has 3 N–H and O–H groups in total. The summed E-state index contributed by atoms with van der Waals surface area (Å²) in [6.45, 7) is 11.8. The third-order valence-electron chi connectivity index (χ3n) is 2.94. The first-order valence-corrected chi connectivity index (χ1v) is 6.05. The fourth-order valence-electron chi connectivity index (χ4n) is 2.04. The molecule has 1 unspecified atom stereocenters. The second kappa shape index (κ2) is 8.74. The van der Waals surface area contributed by atoms with E-state index in [9.17, 15) is 0 Å². The summed E-state index contributed by atoms with van der Waals surface area (Å²) in [5, 5.41) is 3.19. The van der Waals surface area contributed by atoms with Crippen molar-refractivity contribution < 1.29 is 0 Å². The van der Waals surface area contributed by atoms with Crippen molar-refractivity contribution in [1.82, 2.24) is 10.2 Å². The molecule has 1 fully saturated rings. The van der Waals surface area contributed by atoms with E-state index in [4.69, 9.17) is 5.73 Å². The molecule has 100 valence electrons. The van der Waals surface area contributed by atoms with Crippen LogP contribution in [0.1, 0.15) is 26.7 Å². The van der Waals surface area contributed by atoms with Gasteiger partial charge in [-0.2, -0.15) is 0 Å². The Hall–Kier alpha value is -0.300. The molecule has 0 amide bonds. The molecule has 17 heavy (non-hydrogen) atoms. The maximum atomic E-state index is 5.77. The summed E-state index contributed by atoms with van der Waals surface area (Å²) in [6, 6.07) is 0.614. The molecule has 0 aromatic carbocycles. The second-order valence-corrected chi connectivity index (χ2v) is 4.46. The van der Waals surface area contributed by atoms with Crippen LogP contribution in [-0.2, 0) is 0 Å². The summed E-state index contributed by atoms with van der Waals surface area (Å²) >= 11 is 0. The van der Waals surface area contributed by atoms with E-state index in [-0.39, 0.29) is 24.0 Å². The number of nitrogens with zero attached hydrogens (tertiary/aromatic N) is 2. The minimum Gasteiger partial charge on any atom is -0.370 e. The summed E-state index contributed by atoms with van der Waals surface area (Å²) < 4.78 is 0. The van der Waals surface area contributed by atoms with Gasteiger partial charge in [-0.25, -0.2) is 4.99 Å². The van der Waals surface area contributed by atoms with E-state index in [0.29, 0.717) is 18.5 Å². The lowest BCUT2D eigenvalue weighted by Gasteiger charge is -2.23. The number of likely N-dealkylation sites (N-methyl/N-ethyl adjacent to an activating group) is 1. The summed E-state index contributed by atoms with van der Waals surface area (Å²) in [6.07, 6.45) is 2.55. The maximum absolute atomic E-state index is 5.77. The predicted molar refractivity (Wildman–Crippen MR) is 85.0 cm³/mol. The number of halogens is 1. The molecule has 5 heteroatoms. The van der Waals surface area contributed by atoms with Crippen molar-refractivity contribution in [2.24, 2.45) is 10.7 Å². The Morgan fingerprint density at radius 3 is 2.88 bits per heavy atom. The molecule has 1 saturated heterocycles. The van der Waals surface area contributed by atoms with Crippen LogP contribution in [0.5, 0.6) is 0 Å². The van der Waals surface area contributed by atoms with Gasteiger partial charge in [0.05, 0.1) is 6.54 Å². The van der Waals surface area contributed by atoms with Crippen molar-refractivity contribution in [3.63, 3.8) is 0 Å². The lowest BCUT2D eigenvalue weighted by Crippen LogP contribution is -2.42. The summed E-state index contributed by atoms with van der Waals surface area (Å²) in [7, 11) is 0. The first-order valence-electron chi connectivity index (χ1n) is 6.05.